The van der Waals surface area contributed by atoms with Gasteiger partial charge in [-0.2, -0.15) is 4.31 Å². The van der Waals surface area contributed by atoms with E-state index < -0.39 is 10.0 Å². The van der Waals surface area contributed by atoms with Crippen LogP contribution in [0.1, 0.15) is 21.5 Å². The predicted molar refractivity (Wildman–Crippen MR) is 151 cm³/mol. The van der Waals surface area contributed by atoms with Gasteiger partial charge in [0.1, 0.15) is 11.3 Å². The van der Waals surface area contributed by atoms with E-state index in [4.69, 9.17) is 9.72 Å². The van der Waals surface area contributed by atoms with E-state index in [1.165, 1.54) is 52.1 Å². The lowest BCUT2D eigenvalue weighted by atomic mass is 10.2. The van der Waals surface area contributed by atoms with Crippen LogP contribution in [0.4, 0.5) is 5.13 Å². The van der Waals surface area contributed by atoms with Gasteiger partial charge >= 0.3 is 0 Å². The molecule has 0 aliphatic rings. The smallest absolute Gasteiger partial charge is 0.260 e. The van der Waals surface area contributed by atoms with E-state index in [0.29, 0.717) is 22.0 Å². The number of anilines is 1. The Kier molecular flexibility index (Phi) is 8.35. The second-order valence-electron chi connectivity index (χ2n) is 8.44. The third-order valence-corrected chi connectivity index (χ3v) is 8.92. The number of hydrogen-bond acceptors (Lipinski definition) is 7. The van der Waals surface area contributed by atoms with Crippen LogP contribution in [0.5, 0.6) is 5.75 Å². The van der Waals surface area contributed by atoms with Crippen molar-refractivity contribution in [2.75, 3.05) is 25.1 Å². The van der Waals surface area contributed by atoms with Crippen molar-refractivity contribution in [3.05, 3.63) is 103 Å². The molecule has 0 fully saturated rings. The first-order valence-electron chi connectivity index (χ1n) is 11.8. The van der Waals surface area contributed by atoms with Gasteiger partial charge in [-0.25, -0.2) is 13.4 Å². The average molecular weight is 549 g/mol. The van der Waals surface area contributed by atoms with Gasteiger partial charge in [0, 0.05) is 31.0 Å². The fourth-order valence-electron chi connectivity index (χ4n) is 3.91. The quantitative estimate of drug-likeness (QED) is 0.239. The number of thiazole rings is 1. The molecule has 2 aromatic heterocycles. The second kappa shape index (κ2) is 11.7. The topological polar surface area (TPSA) is 92.7 Å². The second-order valence-corrected chi connectivity index (χ2v) is 11.4. The molecular formula is C28H28N4O4S2. The molecule has 0 saturated heterocycles. The van der Waals surface area contributed by atoms with Crippen molar-refractivity contribution in [3.8, 4) is 5.75 Å². The Morgan fingerprint density at radius 3 is 2.39 bits per heavy atom. The molecule has 8 nitrogen and oxygen atoms in total. The van der Waals surface area contributed by atoms with Crippen LogP contribution in [0.3, 0.4) is 0 Å². The Labute approximate surface area is 226 Å². The molecule has 38 heavy (non-hydrogen) atoms. The summed E-state index contributed by atoms with van der Waals surface area (Å²) in [6, 6.07) is 13.4. The van der Waals surface area contributed by atoms with Crippen molar-refractivity contribution < 1.29 is 17.9 Å². The zero-order valence-corrected chi connectivity index (χ0v) is 22.8. The first-order chi connectivity index (χ1) is 18.3. The molecule has 0 aliphatic carbocycles. The van der Waals surface area contributed by atoms with Gasteiger partial charge in [0.25, 0.3) is 5.91 Å². The monoisotopic (exact) mass is 548 g/mol. The lowest BCUT2D eigenvalue weighted by Crippen LogP contribution is -2.32. The molecule has 1 amide bonds. The van der Waals surface area contributed by atoms with Crippen molar-refractivity contribution in [2.24, 2.45) is 0 Å². The molecule has 0 aliphatic heterocycles. The van der Waals surface area contributed by atoms with Gasteiger partial charge in [-0.05, 0) is 54.4 Å². The van der Waals surface area contributed by atoms with Crippen LogP contribution in [0, 0.1) is 6.92 Å². The first-order valence-corrected chi connectivity index (χ1v) is 14.0. The van der Waals surface area contributed by atoms with E-state index in [1.807, 2.05) is 25.1 Å². The minimum atomic E-state index is -3.79. The first kappa shape index (κ1) is 27.2. The molecular weight excluding hydrogens is 520 g/mol. The van der Waals surface area contributed by atoms with Crippen LogP contribution in [0.2, 0.25) is 0 Å². The van der Waals surface area contributed by atoms with E-state index in [-0.39, 0.29) is 30.4 Å². The zero-order valence-electron chi connectivity index (χ0n) is 21.2. The summed E-state index contributed by atoms with van der Waals surface area (Å²) in [5.74, 6) is 0.308. The molecule has 0 atom stereocenters. The van der Waals surface area contributed by atoms with Crippen LogP contribution in [-0.2, 0) is 16.6 Å². The average Bonchev–Trinajstić information content (AvgIpc) is 3.38. The van der Waals surface area contributed by atoms with Crippen LogP contribution < -0.4 is 9.64 Å². The van der Waals surface area contributed by atoms with Crippen LogP contribution in [-0.4, -0.2) is 48.8 Å². The number of carbonyl (C=O) groups is 1. The molecule has 0 spiro atoms. The van der Waals surface area contributed by atoms with Crippen molar-refractivity contribution in [1.82, 2.24) is 14.3 Å². The van der Waals surface area contributed by atoms with E-state index in [1.54, 1.807) is 30.5 Å². The highest BCUT2D eigenvalue weighted by atomic mass is 32.2. The fourth-order valence-corrected chi connectivity index (χ4v) is 6.34. The Morgan fingerprint density at radius 1 is 1.08 bits per heavy atom. The molecule has 2 heterocycles. The molecule has 4 aromatic rings. The summed E-state index contributed by atoms with van der Waals surface area (Å²) < 4.78 is 33.9. The standard InChI is InChI=1S/C28H28N4O4S2/c1-5-16-31(17-6-2)38(34,35)23-12-10-22(11-13-23)27(33)32(19-21-8-7-15-29-18-21)28-30-25-24(36-4)14-9-20(3)26(25)37-28/h5-15,18H,1-2,16-17,19H2,3-4H3. The Hall–Kier alpha value is -3.86. The highest BCUT2D eigenvalue weighted by molar-refractivity contribution is 7.89. The van der Waals surface area contributed by atoms with Crippen molar-refractivity contribution >= 4 is 42.6 Å². The number of pyridine rings is 1. The summed E-state index contributed by atoms with van der Waals surface area (Å²) in [7, 11) is -2.20. The summed E-state index contributed by atoms with van der Waals surface area (Å²) in [4.78, 5) is 24.4. The third kappa shape index (κ3) is 5.52. The van der Waals surface area contributed by atoms with Gasteiger partial charge in [-0.3, -0.25) is 14.7 Å². The van der Waals surface area contributed by atoms with Gasteiger partial charge in [0.05, 0.1) is 23.2 Å². The fraction of sp³-hybridized carbons (Fsp3) is 0.179. The van der Waals surface area contributed by atoms with Gasteiger partial charge in [-0.15, -0.1) is 13.2 Å². The normalized spacial score (nSPS) is 11.4. The van der Waals surface area contributed by atoms with E-state index in [9.17, 15) is 13.2 Å². The molecule has 0 radical (unpaired) electrons. The maximum absolute atomic E-state index is 13.8. The SMILES string of the molecule is C=CCN(CC=C)S(=O)(=O)c1ccc(C(=O)N(Cc2cccnc2)c2nc3c(OC)ccc(C)c3s2)cc1. The number of carbonyl (C=O) groups excluding carboxylic acids is 1. The molecule has 0 bridgehead atoms. The number of amides is 1. The zero-order chi connectivity index (χ0) is 27.3. The number of rotatable bonds is 11. The molecule has 2 aromatic carbocycles. The third-order valence-electron chi connectivity index (χ3n) is 5.86. The molecule has 10 heteroatoms. The maximum Gasteiger partial charge on any atom is 0.260 e. The Morgan fingerprint density at radius 2 is 1.79 bits per heavy atom. The number of benzene rings is 2. The van der Waals surface area contributed by atoms with Crippen molar-refractivity contribution in [3.63, 3.8) is 0 Å². The van der Waals surface area contributed by atoms with Gasteiger partial charge in [-0.1, -0.05) is 35.6 Å². The predicted octanol–water partition coefficient (Wildman–Crippen LogP) is 5.22. The van der Waals surface area contributed by atoms with E-state index in [0.717, 1.165) is 15.8 Å². The summed E-state index contributed by atoms with van der Waals surface area (Å²) in [6.07, 6.45) is 6.40. The number of fused-ring (bicyclic) bond motifs is 1. The van der Waals surface area contributed by atoms with Crippen LogP contribution in [0.15, 0.2) is 91.1 Å². The number of methoxy groups -OCH3 is 1. The maximum atomic E-state index is 13.8. The van der Waals surface area contributed by atoms with Crippen molar-refractivity contribution in [2.45, 2.75) is 18.4 Å². The van der Waals surface area contributed by atoms with E-state index >= 15 is 0 Å². The summed E-state index contributed by atoms with van der Waals surface area (Å²) in [6.45, 7) is 9.78. The summed E-state index contributed by atoms with van der Waals surface area (Å²) in [5.41, 5.74) is 2.86. The largest absolute Gasteiger partial charge is 0.494 e. The molecule has 196 valence electrons. The minimum absolute atomic E-state index is 0.0805. The molecule has 0 unspecified atom stereocenters. The van der Waals surface area contributed by atoms with Crippen molar-refractivity contribution in [1.29, 1.82) is 0 Å². The molecule has 0 N–H and O–H groups in total. The van der Waals surface area contributed by atoms with Crippen LogP contribution >= 0.6 is 11.3 Å². The molecule has 0 saturated carbocycles. The highest BCUT2D eigenvalue weighted by Gasteiger charge is 2.26. The number of aromatic nitrogens is 2. The van der Waals surface area contributed by atoms with E-state index in [2.05, 4.69) is 18.1 Å². The van der Waals surface area contributed by atoms with Gasteiger partial charge < -0.3 is 4.74 Å². The number of nitrogens with zero attached hydrogens (tertiary/aromatic N) is 4. The lowest BCUT2D eigenvalue weighted by molar-refractivity contribution is 0.0985. The highest BCUT2D eigenvalue weighted by Crippen LogP contribution is 2.37. The number of sulfonamides is 1. The van der Waals surface area contributed by atoms with Crippen LogP contribution in [0.25, 0.3) is 10.2 Å². The summed E-state index contributed by atoms with van der Waals surface area (Å²) >= 11 is 1.40. The van der Waals surface area contributed by atoms with Gasteiger partial charge in [0.2, 0.25) is 10.0 Å². The number of hydrogen-bond donors (Lipinski definition) is 0. The molecule has 4 rings (SSSR count). The summed E-state index contributed by atoms with van der Waals surface area (Å²) in [5, 5.41) is 0.501. The number of ether oxygens (including phenoxy) is 1. The lowest BCUT2D eigenvalue weighted by Gasteiger charge is -2.21. The number of aryl methyl sites for hydroxylation is 1. The minimum Gasteiger partial charge on any atom is -0.494 e. The Bertz CT molecular complexity index is 1560. The van der Waals surface area contributed by atoms with Gasteiger partial charge in [0.15, 0.2) is 5.13 Å². The Balaban J connectivity index is 1.73.